The predicted molar refractivity (Wildman–Crippen MR) is 61.0 cm³/mol. The Morgan fingerprint density at radius 3 is 2.67 bits per heavy atom. The number of aryl methyl sites for hydroxylation is 1. The summed E-state index contributed by atoms with van der Waals surface area (Å²) in [5.41, 5.74) is 2.48. The first-order valence-electron chi connectivity index (χ1n) is 4.70. The molecule has 2 aromatic rings. The van der Waals surface area contributed by atoms with Crippen LogP contribution in [0.2, 0.25) is 10.0 Å². The van der Waals surface area contributed by atoms with E-state index >= 15 is 0 Å². The van der Waals surface area contributed by atoms with Gasteiger partial charge in [0, 0.05) is 11.8 Å². The van der Waals surface area contributed by atoms with E-state index in [1.165, 1.54) is 0 Å². The first-order valence-corrected chi connectivity index (χ1v) is 5.46. The van der Waals surface area contributed by atoms with Gasteiger partial charge in [-0.2, -0.15) is 0 Å². The van der Waals surface area contributed by atoms with Crippen molar-refractivity contribution in [2.45, 2.75) is 12.8 Å². The van der Waals surface area contributed by atoms with E-state index in [-0.39, 0.29) is 5.78 Å². The Balaban J connectivity index is 2.49. The third-order valence-electron chi connectivity index (χ3n) is 2.84. The Kier molecular flexibility index (Phi) is 1.85. The molecule has 0 bridgehead atoms. The molecule has 1 aliphatic carbocycles. The van der Waals surface area contributed by atoms with Crippen molar-refractivity contribution < 1.29 is 4.79 Å². The van der Waals surface area contributed by atoms with E-state index in [0.717, 1.165) is 22.9 Å². The highest BCUT2D eigenvalue weighted by Crippen LogP contribution is 2.37. The van der Waals surface area contributed by atoms with Gasteiger partial charge in [0.05, 0.1) is 21.3 Å². The van der Waals surface area contributed by atoms with Crippen molar-refractivity contribution in [3.8, 4) is 0 Å². The minimum absolute atomic E-state index is 0.147. The molecule has 0 saturated carbocycles. The fraction of sp³-hybridized carbons (Fsp3) is 0.182. The maximum Gasteiger partial charge on any atom is 0.179 e. The molecule has 1 aromatic carbocycles. The number of aromatic nitrogens is 1. The highest BCUT2D eigenvalue weighted by atomic mass is 35.5. The Bertz CT molecular complexity index is 586. The Morgan fingerprint density at radius 1 is 1.13 bits per heavy atom. The zero-order valence-corrected chi connectivity index (χ0v) is 9.24. The summed E-state index contributed by atoms with van der Waals surface area (Å²) in [5, 5.41) is 2.17. The van der Waals surface area contributed by atoms with Crippen molar-refractivity contribution in [1.29, 1.82) is 0 Å². The van der Waals surface area contributed by atoms with Crippen molar-refractivity contribution in [2.75, 3.05) is 0 Å². The van der Waals surface area contributed by atoms with Crippen molar-refractivity contribution in [3.63, 3.8) is 0 Å². The molecular weight excluding hydrogens is 233 g/mol. The molecule has 0 spiro atoms. The van der Waals surface area contributed by atoms with Crippen LogP contribution in [0.1, 0.15) is 22.5 Å². The number of carbonyl (C=O) groups excluding carboxylic acids is 1. The van der Waals surface area contributed by atoms with E-state index in [0.29, 0.717) is 22.2 Å². The lowest BCUT2D eigenvalue weighted by molar-refractivity contribution is 0.0991. The smallest absolute Gasteiger partial charge is 0.179 e. The quantitative estimate of drug-likeness (QED) is 0.749. The minimum Gasteiger partial charge on any atom is -0.351 e. The number of H-pyrrole nitrogens is 1. The van der Waals surface area contributed by atoms with E-state index in [9.17, 15) is 4.79 Å². The molecule has 1 heterocycles. The van der Waals surface area contributed by atoms with Crippen molar-refractivity contribution in [3.05, 3.63) is 33.4 Å². The third kappa shape index (κ3) is 1.15. The molecule has 0 fully saturated rings. The Labute approximate surface area is 96.2 Å². The Morgan fingerprint density at radius 2 is 1.87 bits per heavy atom. The predicted octanol–water partition coefficient (Wildman–Crippen LogP) is 3.60. The molecule has 3 rings (SSSR count). The molecule has 76 valence electrons. The molecule has 4 heteroatoms. The van der Waals surface area contributed by atoms with Crippen LogP contribution >= 0.6 is 23.2 Å². The van der Waals surface area contributed by atoms with Crippen LogP contribution in [0.3, 0.4) is 0 Å². The van der Waals surface area contributed by atoms with E-state index in [2.05, 4.69) is 4.98 Å². The van der Waals surface area contributed by atoms with Gasteiger partial charge in [-0.3, -0.25) is 4.79 Å². The molecule has 0 aliphatic heterocycles. The van der Waals surface area contributed by atoms with Crippen molar-refractivity contribution in [2.24, 2.45) is 0 Å². The second-order valence-corrected chi connectivity index (χ2v) is 4.50. The number of nitrogens with one attached hydrogen (secondary N) is 1. The summed E-state index contributed by atoms with van der Waals surface area (Å²) >= 11 is 12.2. The van der Waals surface area contributed by atoms with Crippen LogP contribution in [0.15, 0.2) is 12.1 Å². The van der Waals surface area contributed by atoms with Gasteiger partial charge in [0.1, 0.15) is 0 Å². The highest BCUT2D eigenvalue weighted by molar-refractivity contribution is 6.40. The van der Waals surface area contributed by atoms with Gasteiger partial charge >= 0.3 is 0 Å². The first kappa shape index (κ1) is 9.25. The van der Waals surface area contributed by atoms with E-state index in [1.807, 2.05) is 0 Å². The molecule has 0 atom stereocenters. The van der Waals surface area contributed by atoms with Crippen molar-refractivity contribution in [1.82, 2.24) is 4.98 Å². The summed E-state index contributed by atoms with van der Waals surface area (Å²) in [6.45, 7) is 0. The van der Waals surface area contributed by atoms with Crippen LogP contribution in [-0.4, -0.2) is 10.8 Å². The third-order valence-corrected chi connectivity index (χ3v) is 3.47. The summed E-state index contributed by atoms with van der Waals surface area (Å²) < 4.78 is 0. The highest BCUT2D eigenvalue weighted by Gasteiger charge is 2.26. The molecule has 0 amide bonds. The largest absolute Gasteiger partial charge is 0.351 e. The number of hydrogen-bond donors (Lipinski definition) is 1. The molecular formula is C11H7Cl2NO. The monoisotopic (exact) mass is 239 g/mol. The molecule has 0 radical (unpaired) electrons. The van der Waals surface area contributed by atoms with E-state index in [4.69, 9.17) is 23.2 Å². The van der Waals surface area contributed by atoms with Crippen LogP contribution in [0, 0.1) is 0 Å². The molecule has 0 unspecified atom stereocenters. The number of carbonyl (C=O) groups is 1. The summed E-state index contributed by atoms with van der Waals surface area (Å²) in [6, 6.07) is 3.51. The second-order valence-electron chi connectivity index (χ2n) is 3.68. The SMILES string of the molecule is O=C1CCc2c1[nH]c1c(Cl)ccc(Cl)c21. The van der Waals surface area contributed by atoms with E-state index < -0.39 is 0 Å². The number of ketones is 1. The average molecular weight is 240 g/mol. The summed E-state index contributed by atoms with van der Waals surface area (Å²) in [7, 11) is 0. The van der Waals surface area contributed by atoms with Gasteiger partial charge in [0.15, 0.2) is 5.78 Å². The maximum absolute atomic E-state index is 11.5. The first-order chi connectivity index (χ1) is 7.18. The Hall–Kier alpha value is -0.990. The molecule has 1 aliphatic rings. The fourth-order valence-electron chi connectivity index (χ4n) is 2.15. The lowest BCUT2D eigenvalue weighted by Crippen LogP contribution is -1.91. The van der Waals surface area contributed by atoms with Crippen LogP contribution in [0.25, 0.3) is 10.9 Å². The van der Waals surface area contributed by atoms with E-state index in [1.54, 1.807) is 12.1 Å². The standard InChI is InChI=1S/C11H7Cl2NO/c12-6-2-3-7(13)11-9(6)5-1-4-8(15)10(5)14-11/h2-3,14H,1,4H2. The zero-order chi connectivity index (χ0) is 10.6. The summed E-state index contributed by atoms with van der Waals surface area (Å²) in [6.07, 6.45) is 1.33. The molecule has 1 N–H and O–H groups in total. The second kappa shape index (κ2) is 3.00. The lowest BCUT2D eigenvalue weighted by atomic mass is 10.1. The number of fused-ring (bicyclic) bond motifs is 3. The van der Waals surface area contributed by atoms with Gasteiger partial charge in [-0.05, 0) is 24.1 Å². The normalized spacial score (nSPS) is 14.9. The zero-order valence-electron chi connectivity index (χ0n) is 7.73. The number of benzene rings is 1. The molecule has 1 aromatic heterocycles. The van der Waals surface area contributed by atoms with Gasteiger partial charge in [-0.1, -0.05) is 23.2 Å². The number of Topliss-reactive ketones (excluding diaryl/α,β-unsaturated/α-hetero) is 1. The average Bonchev–Trinajstić information content (AvgIpc) is 2.74. The molecule has 15 heavy (non-hydrogen) atoms. The summed E-state index contributed by atoms with van der Waals surface area (Å²) in [4.78, 5) is 14.6. The number of rotatable bonds is 0. The van der Waals surface area contributed by atoms with Gasteiger partial charge in [0.2, 0.25) is 0 Å². The topological polar surface area (TPSA) is 32.9 Å². The number of aromatic amines is 1. The molecule has 0 saturated heterocycles. The van der Waals surface area contributed by atoms with Crippen molar-refractivity contribution >= 4 is 39.9 Å². The van der Waals surface area contributed by atoms with Gasteiger partial charge in [-0.25, -0.2) is 0 Å². The number of halogens is 2. The summed E-state index contributed by atoms with van der Waals surface area (Å²) in [5.74, 6) is 0.147. The van der Waals surface area contributed by atoms with Crippen LogP contribution in [-0.2, 0) is 6.42 Å². The number of hydrogen-bond acceptors (Lipinski definition) is 1. The molecule has 2 nitrogen and oxygen atoms in total. The minimum atomic E-state index is 0.147. The lowest BCUT2D eigenvalue weighted by Gasteiger charge is -1.98. The van der Waals surface area contributed by atoms with Gasteiger partial charge in [0.25, 0.3) is 0 Å². The maximum atomic E-state index is 11.5. The van der Waals surface area contributed by atoms with Gasteiger partial charge in [-0.15, -0.1) is 0 Å². The van der Waals surface area contributed by atoms with Crippen LogP contribution < -0.4 is 0 Å². The van der Waals surface area contributed by atoms with Crippen LogP contribution in [0.5, 0.6) is 0 Å². The van der Waals surface area contributed by atoms with Gasteiger partial charge < -0.3 is 4.98 Å². The fourth-order valence-corrected chi connectivity index (χ4v) is 2.62. The van der Waals surface area contributed by atoms with Crippen LogP contribution in [0.4, 0.5) is 0 Å².